The van der Waals surface area contributed by atoms with Gasteiger partial charge in [0.05, 0.1) is 30.8 Å². The van der Waals surface area contributed by atoms with Crippen LogP contribution in [0, 0.1) is 0 Å². The van der Waals surface area contributed by atoms with Gasteiger partial charge in [-0.25, -0.2) is 9.97 Å². The number of hydrogen-bond acceptors (Lipinski definition) is 5. The second-order valence-electron chi connectivity index (χ2n) is 4.52. The van der Waals surface area contributed by atoms with Crippen molar-refractivity contribution in [3.8, 4) is 0 Å². The van der Waals surface area contributed by atoms with Gasteiger partial charge in [0, 0.05) is 19.0 Å². The zero-order valence-electron chi connectivity index (χ0n) is 10.9. The molecule has 5 nitrogen and oxygen atoms in total. The lowest BCUT2D eigenvalue weighted by Gasteiger charge is -2.26. The fourth-order valence-electron chi connectivity index (χ4n) is 1.48. The number of aliphatic hydroxyl groups excluding tert-OH is 2. The third kappa shape index (κ3) is 3.14. The highest BCUT2D eigenvalue weighted by Crippen LogP contribution is 2.21. The molecule has 0 aliphatic carbocycles. The van der Waals surface area contributed by atoms with Gasteiger partial charge < -0.3 is 15.1 Å². The van der Waals surface area contributed by atoms with Crippen LogP contribution in [0.3, 0.4) is 0 Å². The van der Waals surface area contributed by atoms with E-state index in [2.05, 4.69) is 9.97 Å². The summed E-state index contributed by atoms with van der Waals surface area (Å²) in [7, 11) is 1.85. The van der Waals surface area contributed by atoms with Gasteiger partial charge in [-0.05, 0) is 6.92 Å². The fourth-order valence-corrected chi connectivity index (χ4v) is 1.48. The molecule has 5 heteroatoms. The number of rotatable bonds is 5. The first-order chi connectivity index (χ1) is 8.01. The Kier molecular flexibility index (Phi) is 4.84. The van der Waals surface area contributed by atoms with Gasteiger partial charge >= 0.3 is 0 Å². The van der Waals surface area contributed by atoms with E-state index in [1.54, 1.807) is 6.20 Å². The first-order valence-electron chi connectivity index (χ1n) is 5.81. The monoisotopic (exact) mass is 239 g/mol. The molecule has 0 aromatic carbocycles. The zero-order chi connectivity index (χ0) is 13.0. The number of aliphatic hydroxyl groups is 2. The van der Waals surface area contributed by atoms with Crippen molar-refractivity contribution in [1.82, 2.24) is 9.97 Å². The minimum absolute atomic E-state index is 0.0335. The average Bonchev–Trinajstić information content (AvgIpc) is 2.35. The molecule has 0 fully saturated rings. The largest absolute Gasteiger partial charge is 0.394 e. The lowest BCUT2D eigenvalue weighted by atomic mass is 10.2. The van der Waals surface area contributed by atoms with Crippen molar-refractivity contribution in [1.29, 1.82) is 0 Å². The summed E-state index contributed by atoms with van der Waals surface area (Å²) in [6.07, 6.45) is 1.71. The second kappa shape index (κ2) is 5.93. The van der Waals surface area contributed by atoms with Gasteiger partial charge in [-0.2, -0.15) is 0 Å². The van der Waals surface area contributed by atoms with Gasteiger partial charge in [-0.15, -0.1) is 0 Å². The molecule has 17 heavy (non-hydrogen) atoms. The number of hydrogen-bond donors (Lipinski definition) is 2. The molecule has 0 aliphatic rings. The molecule has 1 aromatic rings. The molecule has 1 unspecified atom stereocenters. The van der Waals surface area contributed by atoms with Crippen molar-refractivity contribution >= 4 is 5.69 Å². The standard InChI is InChI=1S/C12H21N3O2/c1-8(2)12-13-5-11(10(7-17)14-12)15(4)9(3)6-16/h5,8-9,16-17H,6-7H2,1-4H3. The van der Waals surface area contributed by atoms with E-state index in [9.17, 15) is 5.11 Å². The topological polar surface area (TPSA) is 69.5 Å². The fraction of sp³-hybridized carbons (Fsp3) is 0.667. The van der Waals surface area contributed by atoms with Crippen LogP contribution >= 0.6 is 0 Å². The molecule has 0 bridgehead atoms. The molecule has 0 radical (unpaired) electrons. The smallest absolute Gasteiger partial charge is 0.131 e. The maximum atomic E-state index is 9.35. The Balaban J connectivity index is 3.08. The van der Waals surface area contributed by atoms with Crippen LogP contribution < -0.4 is 4.90 Å². The van der Waals surface area contributed by atoms with E-state index in [4.69, 9.17) is 5.11 Å². The maximum Gasteiger partial charge on any atom is 0.131 e. The molecule has 1 rings (SSSR count). The highest BCUT2D eigenvalue weighted by atomic mass is 16.3. The quantitative estimate of drug-likeness (QED) is 0.799. The molecule has 0 saturated carbocycles. The number of nitrogens with zero attached hydrogens (tertiary/aromatic N) is 3. The Hall–Kier alpha value is -1.20. The van der Waals surface area contributed by atoms with Crippen LogP contribution in [0.2, 0.25) is 0 Å². The summed E-state index contributed by atoms with van der Waals surface area (Å²) in [6.45, 7) is 5.84. The van der Waals surface area contributed by atoms with E-state index in [0.29, 0.717) is 5.69 Å². The van der Waals surface area contributed by atoms with Gasteiger partial charge in [-0.1, -0.05) is 13.8 Å². The van der Waals surface area contributed by atoms with Gasteiger partial charge in [0.1, 0.15) is 5.82 Å². The van der Waals surface area contributed by atoms with Crippen LogP contribution in [-0.4, -0.2) is 39.9 Å². The van der Waals surface area contributed by atoms with Crippen molar-refractivity contribution in [2.24, 2.45) is 0 Å². The van der Waals surface area contributed by atoms with Crippen LogP contribution in [-0.2, 0) is 6.61 Å². The maximum absolute atomic E-state index is 9.35. The molecule has 0 amide bonds. The minimum Gasteiger partial charge on any atom is -0.394 e. The van der Waals surface area contributed by atoms with Gasteiger partial charge in [0.15, 0.2) is 0 Å². The third-order valence-corrected chi connectivity index (χ3v) is 2.84. The van der Waals surface area contributed by atoms with Crippen molar-refractivity contribution in [3.63, 3.8) is 0 Å². The van der Waals surface area contributed by atoms with Gasteiger partial charge in [0.25, 0.3) is 0 Å². The molecule has 1 atom stereocenters. The van der Waals surface area contributed by atoms with Gasteiger partial charge in [0.2, 0.25) is 0 Å². The zero-order valence-corrected chi connectivity index (χ0v) is 10.9. The van der Waals surface area contributed by atoms with Gasteiger partial charge in [-0.3, -0.25) is 0 Å². The van der Waals surface area contributed by atoms with Crippen LogP contribution in [0.5, 0.6) is 0 Å². The Morgan fingerprint density at radius 3 is 2.41 bits per heavy atom. The van der Waals surface area contributed by atoms with Crippen molar-refractivity contribution in [2.45, 2.75) is 39.3 Å². The SMILES string of the molecule is CC(C)c1ncc(N(C)C(C)CO)c(CO)n1. The van der Waals surface area contributed by atoms with Crippen LogP contribution in [0.15, 0.2) is 6.20 Å². The Morgan fingerprint density at radius 2 is 1.94 bits per heavy atom. The summed E-state index contributed by atoms with van der Waals surface area (Å²) < 4.78 is 0. The molecule has 0 saturated heterocycles. The first-order valence-corrected chi connectivity index (χ1v) is 5.81. The summed E-state index contributed by atoms with van der Waals surface area (Å²) in [6, 6.07) is -0.0335. The molecular weight excluding hydrogens is 218 g/mol. The summed E-state index contributed by atoms with van der Waals surface area (Å²) in [5.74, 6) is 0.956. The molecule has 0 aliphatic heterocycles. The number of anilines is 1. The highest BCUT2D eigenvalue weighted by molar-refractivity contribution is 5.49. The first kappa shape index (κ1) is 13.9. The van der Waals surface area contributed by atoms with Crippen molar-refractivity contribution < 1.29 is 10.2 Å². The molecule has 1 heterocycles. The molecule has 2 N–H and O–H groups in total. The molecular formula is C12H21N3O2. The predicted molar refractivity (Wildman–Crippen MR) is 67.0 cm³/mol. The highest BCUT2D eigenvalue weighted by Gasteiger charge is 2.15. The lowest BCUT2D eigenvalue weighted by Crippen LogP contribution is -2.33. The Labute approximate surface area is 102 Å². The van der Waals surface area contributed by atoms with E-state index in [0.717, 1.165) is 11.5 Å². The second-order valence-corrected chi connectivity index (χ2v) is 4.52. The molecule has 96 valence electrons. The van der Waals surface area contributed by atoms with E-state index in [1.165, 1.54) is 0 Å². The molecule has 1 aromatic heterocycles. The van der Waals surface area contributed by atoms with Crippen molar-refractivity contribution in [2.75, 3.05) is 18.6 Å². The van der Waals surface area contributed by atoms with E-state index in [-0.39, 0.29) is 25.2 Å². The lowest BCUT2D eigenvalue weighted by molar-refractivity contribution is 0.265. The Bertz CT molecular complexity index is 369. The van der Waals surface area contributed by atoms with E-state index in [1.807, 2.05) is 32.7 Å². The number of likely N-dealkylation sites (N-methyl/N-ethyl adjacent to an activating group) is 1. The number of aromatic nitrogens is 2. The predicted octanol–water partition coefficient (Wildman–Crippen LogP) is 0.909. The van der Waals surface area contributed by atoms with Crippen molar-refractivity contribution in [3.05, 3.63) is 17.7 Å². The Morgan fingerprint density at radius 1 is 1.29 bits per heavy atom. The van der Waals surface area contributed by atoms with E-state index < -0.39 is 0 Å². The van der Waals surface area contributed by atoms with Crippen LogP contribution in [0.4, 0.5) is 5.69 Å². The summed E-state index contributed by atoms with van der Waals surface area (Å²) >= 11 is 0. The summed E-state index contributed by atoms with van der Waals surface area (Å²) in [5.41, 5.74) is 1.37. The summed E-state index contributed by atoms with van der Waals surface area (Å²) in [4.78, 5) is 10.5. The average molecular weight is 239 g/mol. The van der Waals surface area contributed by atoms with Crippen LogP contribution in [0.1, 0.15) is 38.2 Å². The summed E-state index contributed by atoms with van der Waals surface area (Å²) in [5, 5.41) is 18.5. The molecule has 0 spiro atoms. The normalized spacial score (nSPS) is 12.9. The minimum atomic E-state index is -0.125. The van der Waals surface area contributed by atoms with Crippen LogP contribution in [0.25, 0.3) is 0 Å². The third-order valence-electron chi connectivity index (χ3n) is 2.84. The van der Waals surface area contributed by atoms with E-state index >= 15 is 0 Å².